The van der Waals surface area contributed by atoms with Crippen LogP contribution in [0.4, 0.5) is 13.2 Å². The first-order chi connectivity index (χ1) is 11.9. The fourth-order valence-electron chi connectivity index (χ4n) is 4.06. The number of hydrogen-bond donors (Lipinski definition) is 1. The highest BCUT2D eigenvalue weighted by Crippen LogP contribution is 2.35. The lowest BCUT2D eigenvalue weighted by Gasteiger charge is -2.44. The van der Waals surface area contributed by atoms with E-state index in [0.29, 0.717) is 34.9 Å². The smallest absolute Gasteiger partial charge is 0.406 e. The number of aromatic amines is 1. The molecule has 0 saturated carbocycles. The molecular formula is C17H18F3N3O2. The lowest BCUT2D eigenvalue weighted by atomic mass is 9.76. The third-order valence-corrected chi connectivity index (χ3v) is 5.27. The second kappa shape index (κ2) is 6.01. The van der Waals surface area contributed by atoms with Crippen molar-refractivity contribution in [1.82, 2.24) is 15.1 Å². The quantitative estimate of drug-likeness (QED) is 0.856. The Labute approximate surface area is 142 Å². The Bertz CT molecular complexity index is 794. The van der Waals surface area contributed by atoms with Gasteiger partial charge in [-0.3, -0.25) is 9.89 Å². The van der Waals surface area contributed by atoms with E-state index in [1.54, 1.807) is 0 Å². The molecule has 0 amide bonds. The van der Waals surface area contributed by atoms with Crippen molar-refractivity contribution in [3.63, 3.8) is 0 Å². The molecule has 1 aromatic heterocycles. The number of ketones is 1. The number of H-pyrrole nitrogens is 1. The zero-order valence-corrected chi connectivity index (χ0v) is 13.5. The van der Waals surface area contributed by atoms with Crippen LogP contribution >= 0.6 is 0 Å². The predicted molar refractivity (Wildman–Crippen MR) is 84.4 cm³/mol. The summed E-state index contributed by atoms with van der Waals surface area (Å²) in [7, 11) is 0. The van der Waals surface area contributed by atoms with E-state index >= 15 is 0 Å². The van der Waals surface area contributed by atoms with E-state index in [9.17, 15) is 18.0 Å². The van der Waals surface area contributed by atoms with Crippen LogP contribution in [0.15, 0.2) is 18.2 Å². The molecule has 8 heteroatoms. The van der Waals surface area contributed by atoms with E-state index in [1.165, 1.54) is 18.2 Å². The van der Waals surface area contributed by atoms with Gasteiger partial charge in [-0.25, -0.2) is 0 Å². The summed E-state index contributed by atoms with van der Waals surface area (Å²) in [5, 5.41) is 7.20. The van der Waals surface area contributed by atoms with Crippen LogP contribution in [-0.2, 0) is 0 Å². The first-order valence-corrected chi connectivity index (χ1v) is 8.38. The fourth-order valence-corrected chi connectivity index (χ4v) is 4.06. The summed E-state index contributed by atoms with van der Waals surface area (Å²) in [4.78, 5) is 15.1. The summed E-state index contributed by atoms with van der Waals surface area (Å²) in [6, 6.07) is 3.86. The van der Waals surface area contributed by atoms with Crippen molar-refractivity contribution < 1.29 is 22.7 Å². The maximum Gasteiger partial charge on any atom is 0.573 e. The highest BCUT2D eigenvalue weighted by Gasteiger charge is 2.36. The van der Waals surface area contributed by atoms with Crippen LogP contribution < -0.4 is 4.74 Å². The number of alkyl halides is 3. The number of benzene rings is 1. The molecule has 3 aliphatic heterocycles. The van der Waals surface area contributed by atoms with Gasteiger partial charge in [0, 0.05) is 24.4 Å². The average Bonchev–Trinajstić information content (AvgIpc) is 2.97. The Morgan fingerprint density at radius 1 is 1.32 bits per heavy atom. The molecule has 5 nitrogen and oxygen atoms in total. The number of carbonyl (C=O) groups excluding carboxylic acids is 1. The highest BCUT2D eigenvalue weighted by molar-refractivity contribution is 6.06. The summed E-state index contributed by atoms with van der Waals surface area (Å²) < 4.78 is 40.8. The lowest BCUT2D eigenvalue weighted by Crippen LogP contribution is -2.47. The van der Waals surface area contributed by atoms with Gasteiger partial charge in [-0.05, 0) is 49.9 Å². The normalized spacial score (nSPS) is 26.1. The van der Waals surface area contributed by atoms with Crippen LogP contribution in [0.3, 0.4) is 0 Å². The second-order valence-electron chi connectivity index (χ2n) is 6.85. The van der Waals surface area contributed by atoms with Crippen molar-refractivity contribution in [3.8, 4) is 5.75 Å². The Hall–Kier alpha value is -2.09. The predicted octanol–water partition coefficient (Wildman–Crippen LogP) is 3.38. The summed E-state index contributed by atoms with van der Waals surface area (Å²) in [5.74, 6) is 0.537. The number of Topliss-reactive ketones (excluding diaryl/α,β-unsaturated/α-hetero) is 1. The molecule has 134 valence electrons. The van der Waals surface area contributed by atoms with E-state index in [1.807, 2.05) is 0 Å². The summed E-state index contributed by atoms with van der Waals surface area (Å²) in [6.07, 6.45) is -2.04. The number of piperidine rings is 3. The van der Waals surface area contributed by atoms with Gasteiger partial charge in [-0.2, -0.15) is 5.10 Å². The number of halogens is 3. The number of nitrogens with zero attached hydrogens (tertiary/aromatic N) is 2. The summed E-state index contributed by atoms with van der Waals surface area (Å²) in [6.45, 7) is 3.17. The van der Waals surface area contributed by atoms with E-state index in [4.69, 9.17) is 0 Å². The summed E-state index contributed by atoms with van der Waals surface area (Å²) >= 11 is 0. The van der Waals surface area contributed by atoms with E-state index < -0.39 is 6.36 Å². The Morgan fingerprint density at radius 2 is 2.08 bits per heavy atom. The molecule has 0 spiro atoms. The Kier molecular flexibility index (Phi) is 3.94. The van der Waals surface area contributed by atoms with Crippen molar-refractivity contribution >= 4 is 16.7 Å². The van der Waals surface area contributed by atoms with Crippen molar-refractivity contribution in [1.29, 1.82) is 0 Å². The molecule has 2 bridgehead atoms. The Balaban J connectivity index is 1.52. The largest absolute Gasteiger partial charge is 0.573 e. The van der Waals surface area contributed by atoms with Crippen LogP contribution in [0.2, 0.25) is 0 Å². The average molecular weight is 353 g/mol. The number of aromatic nitrogens is 2. The van der Waals surface area contributed by atoms with E-state index in [0.717, 1.165) is 32.5 Å². The van der Waals surface area contributed by atoms with Gasteiger partial charge in [0.15, 0.2) is 5.78 Å². The standard InChI is InChI=1S/C17H18F3N3O2/c18-17(19,20)25-12-1-2-13-14(8-12)21-22-16(13)15(24)7-11-9-23-5-3-10(11)4-6-23/h1-2,8,10-11H,3-7,9H2,(H,21,22)/t11-/m0/s1. The molecule has 25 heavy (non-hydrogen) atoms. The minimum Gasteiger partial charge on any atom is -0.406 e. The SMILES string of the molecule is O=C(C[C@H]1CN2CCC1CC2)c1n[nH]c2cc(OC(F)(F)F)ccc12. The van der Waals surface area contributed by atoms with Crippen molar-refractivity contribution in [3.05, 3.63) is 23.9 Å². The lowest BCUT2D eigenvalue weighted by molar-refractivity contribution is -0.274. The van der Waals surface area contributed by atoms with Crippen LogP contribution in [0.1, 0.15) is 29.8 Å². The second-order valence-corrected chi connectivity index (χ2v) is 6.85. The molecule has 1 aromatic carbocycles. The zero-order chi connectivity index (χ0) is 17.6. The number of carbonyl (C=O) groups is 1. The van der Waals surface area contributed by atoms with Gasteiger partial charge in [0.25, 0.3) is 0 Å². The fraction of sp³-hybridized carbons (Fsp3) is 0.529. The molecule has 3 saturated heterocycles. The van der Waals surface area contributed by atoms with Gasteiger partial charge < -0.3 is 9.64 Å². The number of ether oxygens (including phenoxy) is 1. The molecule has 4 heterocycles. The van der Waals surface area contributed by atoms with Gasteiger partial charge >= 0.3 is 6.36 Å². The Morgan fingerprint density at radius 3 is 2.72 bits per heavy atom. The molecule has 3 fully saturated rings. The molecule has 2 aromatic rings. The van der Waals surface area contributed by atoms with Gasteiger partial charge in [0.1, 0.15) is 11.4 Å². The molecular weight excluding hydrogens is 335 g/mol. The van der Waals surface area contributed by atoms with E-state index in [2.05, 4.69) is 19.8 Å². The number of hydrogen-bond acceptors (Lipinski definition) is 4. The molecule has 1 N–H and O–H groups in total. The highest BCUT2D eigenvalue weighted by atomic mass is 19.4. The van der Waals surface area contributed by atoms with Gasteiger partial charge in [0.2, 0.25) is 0 Å². The van der Waals surface area contributed by atoms with Crippen molar-refractivity contribution in [2.45, 2.75) is 25.6 Å². The number of fused-ring (bicyclic) bond motifs is 4. The third-order valence-electron chi connectivity index (χ3n) is 5.27. The van der Waals surface area contributed by atoms with Crippen LogP contribution in [-0.4, -0.2) is 46.9 Å². The van der Waals surface area contributed by atoms with Crippen LogP contribution in [0, 0.1) is 11.8 Å². The van der Waals surface area contributed by atoms with Crippen LogP contribution in [0.25, 0.3) is 10.9 Å². The molecule has 3 aliphatic rings. The van der Waals surface area contributed by atoms with Crippen LogP contribution in [0.5, 0.6) is 5.75 Å². The van der Waals surface area contributed by atoms with Gasteiger partial charge in [-0.1, -0.05) is 0 Å². The zero-order valence-electron chi connectivity index (χ0n) is 13.5. The first-order valence-electron chi connectivity index (χ1n) is 8.38. The maximum atomic E-state index is 12.7. The topological polar surface area (TPSA) is 58.2 Å². The maximum absolute atomic E-state index is 12.7. The number of nitrogens with one attached hydrogen (secondary N) is 1. The molecule has 0 radical (unpaired) electrons. The monoisotopic (exact) mass is 353 g/mol. The number of rotatable bonds is 4. The first kappa shape index (κ1) is 16.4. The van der Waals surface area contributed by atoms with E-state index in [-0.39, 0.29) is 11.5 Å². The molecule has 0 aliphatic carbocycles. The minimum atomic E-state index is -4.75. The summed E-state index contributed by atoms with van der Waals surface area (Å²) in [5.41, 5.74) is 0.657. The van der Waals surface area contributed by atoms with Crippen molar-refractivity contribution in [2.24, 2.45) is 11.8 Å². The third kappa shape index (κ3) is 3.35. The van der Waals surface area contributed by atoms with Gasteiger partial charge in [0.05, 0.1) is 5.52 Å². The van der Waals surface area contributed by atoms with Crippen molar-refractivity contribution in [2.75, 3.05) is 19.6 Å². The molecule has 1 atom stereocenters. The molecule has 5 rings (SSSR count). The van der Waals surface area contributed by atoms with Gasteiger partial charge in [-0.15, -0.1) is 13.2 Å². The minimum absolute atomic E-state index is 0.0607. The molecule has 0 unspecified atom stereocenters.